The highest BCUT2D eigenvalue weighted by atomic mass is 15.0. The van der Waals surface area contributed by atoms with E-state index in [0.29, 0.717) is 5.41 Å². The SMILES string of the molecule is CCCC(CCC(C)(C)C)Cn1ccnc1. The second-order valence-corrected chi connectivity index (χ2v) is 6.01. The zero-order valence-corrected chi connectivity index (χ0v) is 11.2. The maximum Gasteiger partial charge on any atom is 0.0945 e. The summed E-state index contributed by atoms with van der Waals surface area (Å²) in [6, 6.07) is 0. The first-order valence-electron chi connectivity index (χ1n) is 6.47. The van der Waals surface area contributed by atoms with Gasteiger partial charge in [-0.1, -0.05) is 34.1 Å². The lowest BCUT2D eigenvalue weighted by atomic mass is 9.85. The Morgan fingerprint density at radius 1 is 1.25 bits per heavy atom. The third-order valence-corrected chi connectivity index (χ3v) is 3.03. The molecule has 0 radical (unpaired) electrons. The van der Waals surface area contributed by atoms with Gasteiger partial charge < -0.3 is 4.57 Å². The molecule has 0 aromatic carbocycles. The summed E-state index contributed by atoms with van der Waals surface area (Å²) in [7, 11) is 0. The van der Waals surface area contributed by atoms with Gasteiger partial charge in [-0.3, -0.25) is 0 Å². The van der Waals surface area contributed by atoms with Gasteiger partial charge in [0.1, 0.15) is 0 Å². The van der Waals surface area contributed by atoms with Crippen LogP contribution in [-0.2, 0) is 6.54 Å². The average Bonchev–Trinajstić information content (AvgIpc) is 2.66. The molecule has 0 spiro atoms. The zero-order chi connectivity index (χ0) is 12.0. The van der Waals surface area contributed by atoms with Gasteiger partial charge in [-0.05, 0) is 30.6 Å². The highest BCUT2D eigenvalue weighted by Crippen LogP contribution is 2.26. The zero-order valence-electron chi connectivity index (χ0n) is 11.2. The molecule has 2 heteroatoms. The maximum absolute atomic E-state index is 4.11. The summed E-state index contributed by atoms with van der Waals surface area (Å²) >= 11 is 0. The smallest absolute Gasteiger partial charge is 0.0945 e. The largest absolute Gasteiger partial charge is 0.337 e. The van der Waals surface area contributed by atoms with E-state index in [0.717, 1.165) is 12.5 Å². The molecule has 1 aromatic rings. The van der Waals surface area contributed by atoms with Crippen LogP contribution in [0.5, 0.6) is 0 Å². The summed E-state index contributed by atoms with van der Waals surface area (Å²) in [5, 5.41) is 0. The topological polar surface area (TPSA) is 17.8 Å². The summed E-state index contributed by atoms with van der Waals surface area (Å²) < 4.78 is 2.21. The van der Waals surface area contributed by atoms with Gasteiger partial charge in [0.15, 0.2) is 0 Å². The minimum atomic E-state index is 0.459. The van der Waals surface area contributed by atoms with E-state index in [9.17, 15) is 0 Å². The standard InChI is InChI=1S/C14H26N2/c1-5-6-13(7-8-14(2,3)4)11-16-10-9-15-12-16/h9-10,12-13H,5-8,11H2,1-4H3. The highest BCUT2D eigenvalue weighted by molar-refractivity contribution is 4.76. The van der Waals surface area contributed by atoms with Gasteiger partial charge in [0.25, 0.3) is 0 Å². The third-order valence-electron chi connectivity index (χ3n) is 3.03. The molecule has 2 nitrogen and oxygen atoms in total. The van der Waals surface area contributed by atoms with Crippen molar-refractivity contribution < 1.29 is 0 Å². The molecule has 0 bridgehead atoms. The lowest BCUT2D eigenvalue weighted by molar-refractivity contribution is 0.292. The van der Waals surface area contributed by atoms with Crippen LogP contribution in [0.2, 0.25) is 0 Å². The van der Waals surface area contributed by atoms with Gasteiger partial charge in [-0.15, -0.1) is 0 Å². The molecule has 0 aliphatic heterocycles. The van der Waals surface area contributed by atoms with Crippen LogP contribution in [0.25, 0.3) is 0 Å². The molecule has 0 N–H and O–H groups in total. The van der Waals surface area contributed by atoms with Crippen molar-refractivity contribution in [1.29, 1.82) is 0 Å². The predicted molar refractivity (Wildman–Crippen MR) is 69.3 cm³/mol. The fourth-order valence-electron chi connectivity index (χ4n) is 2.07. The Morgan fingerprint density at radius 2 is 2.00 bits per heavy atom. The molecule has 0 amide bonds. The molecule has 0 aliphatic rings. The normalized spacial score (nSPS) is 14.0. The number of imidazole rings is 1. The maximum atomic E-state index is 4.11. The van der Waals surface area contributed by atoms with Gasteiger partial charge in [0.2, 0.25) is 0 Å². The molecular weight excluding hydrogens is 196 g/mol. The van der Waals surface area contributed by atoms with Crippen LogP contribution in [0.15, 0.2) is 18.7 Å². The summed E-state index contributed by atoms with van der Waals surface area (Å²) in [4.78, 5) is 4.11. The van der Waals surface area contributed by atoms with Crippen molar-refractivity contribution in [3.05, 3.63) is 18.7 Å². The highest BCUT2D eigenvalue weighted by Gasteiger charge is 2.15. The summed E-state index contributed by atoms with van der Waals surface area (Å²) in [5.74, 6) is 0.804. The first kappa shape index (κ1) is 13.3. The molecule has 1 aromatic heterocycles. The molecule has 0 saturated carbocycles. The van der Waals surface area contributed by atoms with E-state index >= 15 is 0 Å². The van der Waals surface area contributed by atoms with Crippen molar-refractivity contribution in [2.75, 3.05) is 0 Å². The Hall–Kier alpha value is -0.790. The molecule has 1 rings (SSSR count). The average molecular weight is 222 g/mol. The molecular formula is C14H26N2. The summed E-state index contributed by atoms with van der Waals surface area (Å²) in [6.45, 7) is 10.4. The van der Waals surface area contributed by atoms with Crippen molar-refractivity contribution in [1.82, 2.24) is 9.55 Å². The lowest BCUT2D eigenvalue weighted by Crippen LogP contribution is -2.14. The molecule has 0 fully saturated rings. The number of hydrogen-bond acceptors (Lipinski definition) is 1. The first-order valence-corrected chi connectivity index (χ1v) is 6.47. The van der Waals surface area contributed by atoms with Crippen LogP contribution in [-0.4, -0.2) is 9.55 Å². The van der Waals surface area contributed by atoms with Crippen LogP contribution in [0, 0.1) is 11.3 Å². The Labute approximate surface area is 100 Å². The van der Waals surface area contributed by atoms with Crippen LogP contribution < -0.4 is 0 Å². The minimum Gasteiger partial charge on any atom is -0.337 e. The Balaban J connectivity index is 2.41. The Bertz CT molecular complexity index is 269. The van der Waals surface area contributed by atoms with E-state index in [4.69, 9.17) is 0 Å². The van der Waals surface area contributed by atoms with Gasteiger partial charge in [0, 0.05) is 18.9 Å². The third kappa shape index (κ3) is 5.34. The van der Waals surface area contributed by atoms with E-state index < -0.39 is 0 Å². The quantitative estimate of drug-likeness (QED) is 0.707. The van der Waals surface area contributed by atoms with E-state index in [1.807, 2.05) is 12.5 Å². The second kappa shape index (κ2) is 6.07. The molecule has 1 atom stereocenters. The molecule has 0 saturated heterocycles. The van der Waals surface area contributed by atoms with Crippen molar-refractivity contribution in [2.24, 2.45) is 11.3 Å². The summed E-state index contributed by atoms with van der Waals surface area (Å²) in [6.07, 6.45) is 11.1. The molecule has 1 heterocycles. The van der Waals surface area contributed by atoms with Crippen molar-refractivity contribution in [3.8, 4) is 0 Å². The van der Waals surface area contributed by atoms with Gasteiger partial charge in [0.05, 0.1) is 6.33 Å². The predicted octanol–water partition coefficient (Wildman–Crippen LogP) is 4.13. The second-order valence-electron chi connectivity index (χ2n) is 6.01. The van der Waals surface area contributed by atoms with E-state index in [1.165, 1.54) is 25.7 Å². The first-order chi connectivity index (χ1) is 7.51. The monoisotopic (exact) mass is 222 g/mol. The molecule has 0 aliphatic carbocycles. The Kier molecular flexibility index (Phi) is 5.04. The Morgan fingerprint density at radius 3 is 2.50 bits per heavy atom. The number of rotatable bonds is 6. The van der Waals surface area contributed by atoms with Crippen molar-refractivity contribution in [3.63, 3.8) is 0 Å². The van der Waals surface area contributed by atoms with Crippen LogP contribution >= 0.6 is 0 Å². The number of hydrogen-bond donors (Lipinski definition) is 0. The minimum absolute atomic E-state index is 0.459. The fourth-order valence-corrected chi connectivity index (χ4v) is 2.07. The van der Waals surface area contributed by atoms with Gasteiger partial charge >= 0.3 is 0 Å². The van der Waals surface area contributed by atoms with E-state index in [-0.39, 0.29) is 0 Å². The lowest BCUT2D eigenvalue weighted by Gasteiger charge is -2.23. The van der Waals surface area contributed by atoms with Crippen LogP contribution in [0.4, 0.5) is 0 Å². The summed E-state index contributed by atoms with van der Waals surface area (Å²) in [5.41, 5.74) is 0.459. The number of aromatic nitrogens is 2. The van der Waals surface area contributed by atoms with Crippen molar-refractivity contribution >= 4 is 0 Å². The molecule has 16 heavy (non-hydrogen) atoms. The van der Waals surface area contributed by atoms with E-state index in [2.05, 4.69) is 43.4 Å². The molecule has 1 unspecified atom stereocenters. The van der Waals surface area contributed by atoms with Crippen LogP contribution in [0.1, 0.15) is 53.4 Å². The van der Waals surface area contributed by atoms with Crippen molar-refractivity contribution in [2.45, 2.75) is 59.9 Å². The fraction of sp³-hybridized carbons (Fsp3) is 0.786. The van der Waals surface area contributed by atoms with Gasteiger partial charge in [-0.25, -0.2) is 4.98 Å². The number of nitrogens with zero attached hydrogens (tertiary/aromatic N) is 2. The molecule has 92 valence electrons. The van der Waals surface area contributed by atoms with Crippen LogP contribution in [0.3, 0.4) is 0 Å². The van der Waals surface area contributed by atoms with E-state index in [1.54, 1.807) is 0 Å². The van der Waals surface area contributed by atoms with Gasteiger partial charge in [-0.2, -0.15) is 0 Å².